The molecule has 1 aliphatic carbocycles. The van der Waals surface area contributed by atoms with Crippen LogP contribution in [0.4, 0.5) is 5.69 Å². The third-order valence-corrected chi connectivity index (χ3v) is 8.21. The van der Waals surface area contributed by atoms with Crippen LogP contribution in [0.1, 0.15) is 111 Å². The second-order valence-electron chi connectivity index (χ2n) is 12.6. The Morgan fingerprint density at radius 1 is 1.10 bits per heavy atom. The van der Waals surface area contributed by atoms with E-state index in [9.17, 15) is 9.59 Å². The van der Waals surface area contributed by atoms with Gasteiger partial charge in [0, 0.05) is 54.4 Å². The molecule has 3 heterocycles. The Morgan fingerprint density at radius 3 is 2.54 bits per heavy atom. The highest BCUT2D eigenvalue weighted by atomic mass is 16.5. The van der Waals surface area contributed by atoms with Crippen LogP contribution in [0.3, 0.4) is 0 Å². The molecule has 220 valence electrons. The fraction of sp³-hybridized carbons (Fsp3) is 0.576. The van der Waals surface area contributed by atoms with Crippen molar-refractivity contribution >= 4 is 23.3 Å². The molecule has 2 fully saturated rings. The van der Waals surface area contributed by atoms with Gasteiger partial charge in [0.2, 0.25) is 0 Å². The molecule has 0 bridgehead atoms. The maximum atomic E-state index is 13.8. The van der Waals surface area contributed by atoms with E-state index in [1.54, 1.807) is 0 Å². The summed E-state index contributed by atoms with van der Waals surface area (Å²) in [4.78, 5) is 34.5. The molecule has 5 rings (SSSR count). The van der Waals surface area contributed by atoms with Crippen molar-refractivity contribution in [1.29, 1.82) is 5.41 Å². The molecule has 1 saturated carbocycles. The predicted octanol–water partition coefficient (Wildman–Crippen LogP) is 5.99. The number of rotatable bonds is 12. The summed E-state index contributed by atoms with van der Waals surface area (Å²) < 4.78 is 11.5. The van der Waals surface area contributed by atoms with Gasteiger partial charge in [0.15, 0.2) is 5.78 Å². The molecule has 3 aliphatic rings. The third-order valence-electron chi connectivity index (χ3n) is 8.21. The van der Waals surface area contributed by atoms with Crippen LogP contribution in [0.2, 0.25) is 0 Å². The van der Waals surface area contributed by atoms with Crippen molar-refractivity contribution in [3.63, 3.8) is 0 Å². The fourth-order valence-electron chi connectivity index (χ4n) is 5.73. The average molecular weight is 561 g/mol. The lowest BCUT2D eigenvalue weighted by atomic mass is 9.84. The van der Waals surface area contributed by atoms with Crippen molar-refractivity contribution in [1.82, 2.24) is 9.88 Å². The molecule has 0 radical (unpaired) electrons. The van der Waals surface area contributed by atoms with Gasteiger partial charge in [-0.05, 0) is 69.1 Å². The van der Waals surface area contributed by atoms with Crippen molar-refractivity contribution in [2.45, 2.75) is 90.5 Å². The number of nitrogens with zero attached hydrogens (tertiary/aromatic N) is 3. The molecule has 0 unspecified atom stereocenters. The SMILES string of the molecule is CCOC(=O)CCCCOc1c(N2CCCC2)cc(C(=O)CN2Cc3ccc(C4CC4)nc3C2=N)cc1C(C)(C)C. The molecule has 1 aromatic carbocycles. The van der Waals surface area contributed by atoms with Gasteiger partial charge in [-0.3, -0.25) is 15.0 Å². The molecular formula is C33H44N4O4. The van der Waals surface area contributed by atoms with Gasteiger partial charge < -0.3 is 19.3 Å². The Bertz CT molecular complexity index is 1310. The Balaban J connectivity index is 1.35. The zero-order valence-corrected chi connectivity index (χ0v) is 25.1. The number of Topliss-reactive ketones (excluding diaryl/α,β-unsaturated/α-hetero) is 1. The number of hydrogen-bond donors (Lipinski definition) is 1. The summed E-state index contributed by atoms with van der Waals surface area (Å²) in [5.74, 6) is 1.54. The Labute approximate surface area is 243 Å². The smallest absolute Gasteiger partial charge is 0.305 e. The zero-order valence-electron chi connectivity index (χ0n) is 25.1. The minimum Gasteiger partial charge on any atom is -0.491 e. The number of carbonyl (C=O) groups excluding carboxylic acids is 2. The number of anilines is 1. The molecule has 0 amide bonds. The number of fused-ring (bicyclic) bond motifs is 1. The monoisotopic (exact) mass is 560 g/mol. The quantitative estimate of drug-likeness (QED) is 0.193. The van der Waals surface area contributed by atoms with E-state index in [1.165, 1.54) is 12.8 Å². The number of pyridine rings is 1. The number of ketones is 1. The molecule has 1 saturated heterocycles. The maximum absolute atomic E-state index is 13.8. The number of amidine groups is 1. The lowest BCUT2D eigenvalue weighted by Gasteiger charge is -2.30. The van der Waals surface area contributed by atoms with Crippen LogP contribution in [-0.4, -0.2) is 60.3 Å². The first-order valence-electron chi connectivity index (χ1n) is 15.2. The summed E-state index contributed by atoms with van der Waals surface area (Å²) in [7, 11) is 0. The summed E-state index contributed by atoms with van der Waals surface area (Å²) in [6.07, 6.45) is 6.41. The second kappa shape index (κ2) is 12.2. The minimum absolute atomic E-state index is 0.00286. The first-order valence-corrected chi connectivity index (χ1v) is 15.2. The van der Waals surface area contributed by atoms with Crippen molar-refractivity contribution in [3.8, 4) is 5.75 Å². The van der Waals surface area contributed by atoms with Crippen LogP contribution in [0, 0.1) is 5.41 Å². The molecule has 0 spiro atoms. The van der Waals surface area contributed by atoms with Crippen molar-refractivity contribution in [2.24, 2.45) is 0 Å². The average Bonchev–Trinajstić information content (AvgIpc) is 3.55. The van der Waals surface area contributed by atoms with E-state index in [0.29, 0.717) is 49.9 Å². The Morgan fingerprint density at radius 2 is 1.85 bits per heavy atom. The van der Waals surface area contributed by atoms with E-state index in [4.69, 9.17) is 19.9 Å². The van der Waals surface area contributed by atoms with Crippen LogP contribution >= 0.6 is 0 Å². The molecule has 0 atom stereocenters. The van der Waals surface area contributed by atoms with Crippen LogP contribution < -0.4 is 9.64 Å². The summed E-state index contributed by atoms with van der Waals surface area (Å²) in [6, 6.07) is 8.15. The van der Waals surface area contributed by atoms with E-state index in [-0.39, 0.29) is 23.7 Å². The Kier molecular flexibility index (Phi) is 8.66. The highest BCUT2D eigenvalue weighted by molar-refractivity contribution is 6.05. The van der Waals surface area contributed by atoms with Crippen LogP contribution in [0.5, 0.6) is 5.75 Å². The number of esters is 1. The summed E-state index contributed by atoms with van der Waals surface area (Å²) in [6.45, 7) is 11.7. The molecule has 8 nitrogen and oxygen atoms in total. The van der Waals surface area contributed by atoms with Crippen molar-refractivity contribution < 1.29 is 19.1 Å². The van der Waals surface area contributed by atoms with Gasteiger partial charge in [-0.1, -0.05) is 26.8 Å². The van der Waals surface area contributed by atoms with Gasteiger partial charge in [-0.15, -0.1) is 0 Å². The molecule has 2 aliphatic heterocycles. The topological polar surface area (TPSA) is 95.8 Å². The number of nitrogens with one attached hydrogen (secondary N) is 1. The number of ether oxygens (including phenoxy) is 2. The summed E-state index contributed by atoms with van der Waals surface area (Å²) in [5, 5.41) is 8.77. The molecule has 2 aromatic rings. The molecular weight excluding hydrogens is 516 g/mol. The van der Waals surface area contributed by atoms with Gasteiger partial charge in [0.1, 0.15) is 17.3 Å². The predicted molar refractivity (Wildman–Crippen MR) is 160 cm³/mol. The third kappa shape index (κ3) is 6.74. The molecule has 8 heteroatoms. The van der Waals surface area contributed by atoms with Gasteiger partial charge >= 0.3 is 5.97 Å². The number of benzene rings is 1. The molecule has 41 heavy (non-hydrogen) atoms. The highest BCUT2D eigenvalue weighted by Crippen LogP contribution is 2.42. The Hall–Kier alpha value is -3.42. The maximum Gasteiger partial charge on any atom is 0.305 e. The normalized spacial score (nSPS) is 16.7. The highest BCUT2D eigenvalue weighted by Gasteiger charge is 2.32. The first-order chi connectivity index (χ1) is 19.7. The molecule has 1 N–H and O–H groups in total. The minimum atomic E-state index is -0.245. The summed E-state index contributed by atoms with van der Waals surface area (Å²) in [5.41, 5.74) is 5.20. The second-order valence-corrected chi connectivity index (χ2v) is 12.6. The van der Waals surface area contributed by atoms with Gasteiger partial charge in [-0.25, -0.2) is 4.98 Å². The zero-order chi connectivity index (χ0) is 29.1. The van der Waals surface area contributed by atoms with Gasteiger partial charge in [0.25, 0.3) is 0 Å². The van der Waals surface area contributed by atoms with Crippen LogP contribution in [-0.2, 0) is 21.5 Å². The van der Waals surface area contributed by atoms with Crippen LogP contribution in [0.15, 0.2) is 24.3 Å². The van der Waals surface area contributed by atoms with E-state index < -0.39 is 0 Å². The lowest BCUT2D eigenvalue weighted by molar-refractivity contribution is -0.143. The fourth-order valence-corrected chi connectivity index (χ4v) is 5.73. The van der Waals surface area contributed by atoms with Crippen LogP contribution in [0.25, 0.3) is 0 Å². The number of aromatic nitrogens is 1. The first kappa shape index (κ1) is 29.1. The van der Waals surface area contributed by atoms with Gasteiger partial charge in [0.05, 0.1) is 25.4 Å². The number of unbranched alkanes of at least 4 members (excludes halogenated alkanes) is 1. The van der Waals surface area contributed by atoms with E-state index in [0.717, 1.165) is 66.3 Å². The van der Waals surface area contributed by atoms with Crippen molar-refractivity contribution in [2.75, 3.05) is 37.7 Å². The number of carbonyl (C=O) groups is 2. The summed E-state index contributed by atoms with van der Waals surface area (Å²) >= 11 is 0. The van der Waals surface area contributed by atoms with E-state index in [2.05, 4.69) is 37.8 Å². The largest absolute Gasteiger partial charge is 0.491 e. The van der Waals surface area contributed by atoms with E-state index >= 15 is 0 Å². The van der Waals surface area contributed by atoms with E-state index in [1.807, 2.05) is 24.0 Å². The standard InChI is InChI=1S/C33H44N4O4/c1-5-40-29(39)10-6-9-17-41-31-25(33(2,3)4)18-24(19-27(31)36-15-7-8-16-36)28(38)21-37-20-23-13-14-26(22-11-12-22)35-30(23)32(37)34/h13-14,18-19,22,34H,5-12,15-17,20-21H2,1-4H3. The lowest BCUT2D eigenvalue weighted by Crippen LogP contribution is -2.31. The molecule has 1 aromatic heterocycles. The number of hydrogen-bond acceptors (Lipinski definition) is 7. The van der Waals surface area contributed by atoms with Crippen molar-refractivity contribution in [3.05, 3.63) is 52.3 Å². The van der Waals surface area contributed by atoms with Gasteiger partial charge in [-0.2, -0.15) is 0 Å².